The predicted octanol–water partition coefficient (Wildman–Crippen LogP) is 3.01. The first-order valence-electron chi connectivity index (χ1n) is 8.40. The normalized spacial score (nSPS) is 11.7. The number of fused-ring (bicyclic) bond motifs is 3. The van der Waals surface area contributed by atoms with Crippen molar-refractivity contribution in [3.05, 3.63) is 75.0 Å². The third kappa shape index (κ3) is 2.98. The number of hydrogen-bond acceptors (Lipinski definition) is 4. The fourth-order valence-corrected chi connectivity index (χ4v) is 3.47. The number of rotatable bonds is 4. The van der Waals surface area contributed by atoms with Gasteiger partial charge in [-0.1, -0.05) is 29.8 Å². The Morgan fingerprint density at radius 3 is 2.67 bits per heavy atom. The van der Waals surface area contributed by atoms with Crippen LogP contribution in [0.3, 0.4) is 0 Å². The van der Waals surface area contributed by atoms with Crippen LogP contribution in [0.1, 0.15) is 11.4 Å². The van der Waals surface area contributed by atoms with Gasteiger partial charge in [0.25, 0.3) is 5.56 Å². The molecule has 0 atom stereocenters. The zero-order valence-electron chi connectivity index (χ0n) is 14.9. The van der Waals surface area contributed by atoms with Crippen molar-refractivity contribution in [3.63, 3.8) is 0 Å². The summed E-state index contributed by atoms with van der Waals surface area (Å²) in [6.45, 7) is 0.734. The van der Waals surface area contributed by atoms with Crippen LogP contribution in [0.2, 0.25) is 5.02 Å². The van der Waals surface area contributed by atoms with Crippen LogP contribution >= 0.6 is 11.6 Å². The third-order valence-electron chi connectivity index (χ3n) is 4.59. The maximum Gasteiger partial charge on any atom is 0.262 e. The van der Waals surface area contributed by atoms with E-state index in [2.05, 4.69) is 10.2 Å². The minimum atomic E-state index is -0.340. The molecule has 0 spiro atoms. The molecule has 0 unspecified atom stereocenters. The van der Waals surface area contributed by atoms with Crippen molar-refractivity contribution in [3.8, 4) is 0 Å². The van der Waals surface area contributed by atoms with E-state index in [4.69, 9.17) is 11.6 Å². The summed E-state index contributed by atoms with van der Waals surface area (Å²) in [5.41, 5.74) is 1.06. The van der Waals surface area contributed by atoms with Crippen molar-refractivity contribution in [2.45, 2.75) is 13.1 Å². The molecule has 2 aromatic carbocycles. The molecule has 0 fully saturated rings. The van der Waals surface area contributed by atoms with Crippen LogP contribution in [0.25, 0.3) is 16.7 Å². The monoisotopic (exact) mass is 385 g/mol. The lowest BCUT2D eigenvalue weighted by atomic mass is 10.2. The Kier molecular flexibility index (Phi) is 4.41. The Labute approximate surface area is 159 Å². The van der Waals surface area contributed by atoms with Crippen molar-refractivity contribution in [1.29, 1.82) is 0 Å². The topological polar surface area (TPSA) is 55.4 Å². The first-order chi connectivity index (χ1) is 13.0. The van der Waals surface area contributed by atoms with Gasteiger partial charge in [0.15, 0.2) is 5.82 Å². The molecule has 0 aliphatic heterocycles. The summed E-state index contributed by atoms with van der Waals surface area (Å²) < 4.78 is 17.4. The lowest BCUT2D eigenvalue weighted by Gasteiger charge is -2.17. The molecular weight excluding hydrogens is 369 g/mol. The van der Waals surface area contributed by atoms with Crippen LogP contribution in [0, 0.1) is 5.82 Å². The van der Waals surface area contributed by atoms with Crippen molar-refractivity contribution in [1.82, 2.24) is 24.1 Å². The van der Waals surface area contributed by atoms with E-state index in [-0.39, 0.29) is 11.4 Å². The molecule has 0 saturated heterocycles. The van der Waals surface area contributed by atoms with Crippen LogP contribution in [0.5, 0.6) is 0 Å². The first-order valence-corrected chi connectivity index (χ1v) is 8.78. The number of benzene rings is 2. The van der Waals surface area contributed by atoms with Gasteiger partial charge in [0.05, 0.1) is 17.4 Å². The standard InChI is InChI=1S/C19H17ClFN5O/c1-24(10-13-14(20)7-5-8-15(13)21)11-17-22-23-19-25(2)18(27)12-6-3-4-9-16(12)26(17)19/h3-9H,10-11H2,1-2H3. The van der Waals surface area contributed by atoms with E-state index in [0.717, 1.165) is 5.52 Å². The Morgan fingerprint density at radius 1 is 1.11 bits per heavy atom. The molecule has 6 nitrogen and oxygen atoms in total. The minimum absolute atomic E-state index is 0.122. The predicted molar refractivity (Wildman–Crippen MR) is 102 cm³/mol. The van der Waals surface area contributed by atoms with Gasteiger partial charge >= 0.3 is 0 Å². The van der Waals surface area contributed by atoms with Gasteiger partial charge in [0, 0.05) is 24.2 Å². The van der Waals surface area contributed by atoms with E-state index in [0.29, 0.717) is 40.7 Å². The summed E-state index contributed by atoms with van der Waals surface area (Å²) >= 11 is 6.13. The van der Waals surface area contributed by atoms with Gasteiger partial charge in [-0.05, 0) is 31.3 Å². The number of halogens is 2. The van der Waals surface area contributed by atoms with Gasteiger partial charge in [0.2, 0.25) is 5.78 Å². The molecule has 0 bridgehead atoms. The summed E-state index contributed by atoms with van der Waals surface area (Å²) in [6, 6.07) is 12.0. The second kappa shape index (κ2) is 6.75. The molecule has 0 N–H and O–H groups in total. The number of nitrogens with zero attached hydrogens (tertiary/aromatic N) is 5. The van der Waals surface area contributed by atoms with Gasteiger partial charge in [-0.15, -0.1) is 10.2 Å². The highest BCUT2D eigenvalue weighted by molar-refractivity contribution is 6.31. The highest BCUT2D eigenvalue weighted by atomic mass is 35.5. The van der Waals surface area contributed by atoms with Crippen LogP contribution in [-0.2, 0) is 20.1 Å². The molecule has 27 heavy (non-hydrogen) atoms. The SMILES string of the molecule is CN(Cc1c(F)cccc1Cl)Cc1nnc2n(C)c(=O)c3ccccc3n12. The highest BCUT2D eigenvalue weighted by Gasteiger charge is 2.17. The Balaban J connectivity index is 1.76. The molecule has 0 amide bonds. The van der Waals surface area contributed by atoms with Crippen LogP contribution in [0.4, 0.5) is 4.39 Å². The largest absolute Gasteiger partial charge is 0.295 e. The van der Waals surface area contributed by atoms with Gasteiger partial charge in [-0.25, -0.2) is 4.39 Å². The molecule has 0 aliphatic rings. The molecule has 138 valence electrons. The molecule has 0 aliphatic carbocycles. The third-order valence-corrected chi connectivity index (χ3v) is 4.95. The Morgan fingerprint density at radius 2 is 1.89 bits per heavy atom. The number of para-hydroxylation sites is 1. The molecule has 4 aromatic rings. The highest BCUT2D eigenvalue weighted by Crippen LogP contribution is 2.21. The molecule has 8 heteroatoms. The average molecular weight is 386 g/mol. The number of hydrogen-bond donors (Lipinski definition) is 0. The van der Waals surface area contributed by atoms with Gasteiger partial charge in [0.1, 0.15) is 5.82 Å². The molecule has 0 radical (unpaired) electrons. The summed E-state index contributed by atoms with van der Waals surface area (Å²) in [4.78, 5) is 14.4. The number of aryl methyl sites for hydroxylation is 1. The molecule has 2 aromatic heterocycles. The maximum atomic E-state index is 14.1. The fraction of sp³-hybridized carbons (Fsp3) is 0.211. The van der Waals surface area contributed by atoms with Crippen molar-refractivity contribution in [2.24, 2.45) is 7.05 Å². The zero-order valence-corrected chi connectivity index (χ0v) is 15.6. The van der Waals surface area contributed by atoms with E-state index in [1.54, 1.807) is 25.2 Å². The summed E-state index contributed by atoms with van der Waals surface area (Å²) in [5.74, 6) is 0.783. The van der Waals surface area contributed by atoms with Crippen LogP contribution < -0.4 is 5.56 Å². The van der Waals surface area contributed by atoms with Crippen molar-refractivity contribution >= 4 is 28.3 Å². The fourth-order valence-electron chi connectivity index (χ4n) is 3.25. The van der Waals surface area contributed by atoms with Gasteiger partial charge in [-0.3, -0.25) is 18.7 Å². The number of aromatic nitrogens is 4. The summed E-state index contributed by atoms with van der Waals surface area (Å²) in [6.07, 6.45) is 0. The smallest absolute Gasteiger partial charge is 0.262 e. The summed E-state index contributed by atoms with van der Waals surface area (Å²) in [5, 5.41) is 9.41. The second-order valence-corrected chi connectivity index (χ2v) is 6.91. The Hall–Kier alpha value is -2.77. The van der Waals surface area contributed by atoms with E-state index >= 15 is 0 Å². The minimum Gasteiger partial charge on any atom is -0.295 e. The average Bonchev–Trinajstić information content (AvgIpc) is 3.07. The molecule has 2 heterocycles. The Bertz CT molecular complexity index is 1200. The van der Waals surface area contributed by atoms with Crippen molar-refractivity contribution < 1.29 is 4.39 Å². The van der Waals surface area contributed by atoms with E-state index in [1.165, 1.54) is 10.6 Å². The second-order valence-electron chi connectivity index (χ2n) is 6.51. The van der Waals surface area contributed by atoms with E-state index in [1.807, 2.05) is 34.5 Å². The molecule has 0 saturated carbocycles. The first kappa shape index (κ1) is 17.6. The molecule has 4 rings (SSSR count). The maximum absolute atomic E-state index is 14.1. The van der Waals surface area contributed by atoms with Crippen LogP contribution in [-0.4, -0.2) is 31.1 Å². The lowest BCUT2D eigenvalue weighted by molar-refractivity contribution is 0.305. The molecular formula is C19H17ClFN5O. The zero-order chi connectivity index (χ0) is 19.1. The van der Waals surface area contributed by atoms with E-state index in [9.17, 15) is 9.18 Å². The van der Waals surface area contributed by atoms with Crippen LogP contribution in [0.15, 0.2) is 47.3 Å². The quantitative estimate of drug-likeness (QED) is 0.542. The summed E-state index contributed by atoms with van der Waals surface area (Å²) in [7, 11) is 3.53. The van der Waals surface area contributed by atoms with Crippen molar-refractivity contribution in [2.75, 3.05) is 7.05 Å². The van der Waals surface area contributed by atoms with Gasteiger partial charge in [-0.2, -0.15) is 0 Å². The van der Waals surface area contributed by atoms with E-state index < -0.39 is 0 Å². The lowest BCUT2D eigenvalue weighted by Crippen LogP contribution is -2.22. The van der Waals surface area contributed by atoms with Gasteiger partial charge < -0.3 is 0 Å².